The average molecular weight is 294 g/mol. The lowest BCUT2D eigenvalue weighted by molar-refractivity contribution is 0.108. The van der Waals surface area contributed by atoms with E-state index >= 15 is 0 Å². The maximum atomic E-state index is 9.64. The van der Waals surface area contributed by atoms with Crippen molar-refractivity contribution in [2.75, 3.05) is 0 Å². The normalized spacial score (nSPS) is 32.1. The maximum absolute atomic E-state index is 9.64. The van der Waals surface area contributed by atoms with Crippen LogP contribution in [0.4, 0.5) is 0 Å². The Labute approximate surface area is 126 Å². The molecule has 20 heavy (non-hydrogen) atoms. The van der Waals surface area contributed by atoms with Gasteiger partial charge in [-0.05, 0) is 60.8 Å². The Bertz CT molecular complexity index is 492. The predicted molar refractivity (Wildman–Crippen MR) is 83.1 cm³/mol. The highest BCUT2D eigenvalue weighted by molar-refractivity contribution is 6.30. The molecule has 0 heterocycles. The van der Waals surface area contributed by atoms with E-state index in [1.807, 2.05) is 6.07 Å². The molecule has 2 nitrogen and oxygen atoms in total. The molecule has 0 bridgehead atoms. The first-order chi connectivity index (χ1) is 9.45. The highest BCUT2D eigenvalue weighted by Crippen LogP contribution is 2.46. The summed E-state index contributed by atoms with van der Waals surface area (Å²) in [7, 11) is 0. The van der Waals surface area contributed by atoms with Crippen LogP contribution in [-0.2, 0) is 6.42 Å². The van der Waals surface area contributed by atoms with E-state index in [4.69, 9.17) is 11.6 Å². The summed E-state index contributed by atoms with van der Waals surface area (Å²) in [4.78, 5) is 0. The average Bonchev–Trinajstić information content (AvgIpc) is 2.63. The first kappa shape index (κ1) is 14.4. The lowest BCUT2D eigenvalue weighted by Crippen LogP contribution is -2.41. The van der Waals surface area contributed by atoms with Crippen molar-refractivity contribution in [2.45, 2.75) is 64.1 Å². The zero-order valence-electron chi connectivity index (χ0n) is 12.3. The summed E-state index contributed by atoms with van der Waals surface area (Å²) in [6, 6.07) is 7.19. The van der Waals surface area contributed by atoms with Crippen LogP contribution < -0.4 is 5.32 Å². The standard InChI is InChI=1S/C17H24ClNO/c1-17(2)10-11-3-4-12(18)9-15(11)16(17)19-13-5-7-14(20)8-6-13/h3-4,9,13-14,16,19-20H,5-8,10H2,1-2H3. The van der Waals surface area contributed by atoms with Gasteiger partial charge in [-0.1, -0.05) is 31.5 Å². The summed E-state index contributed by atoms with van der Waals surface area (Å²) >= 11 is 6.18. The molecule has 110 valence electrons. The summed E-state index contributed by atoms with van der Waals surface area (Å²) in [5, 5.41) is 14.3. The lowest BCUT2D eigenvalue weighted by atomic mass is 9.83. The lowest BCUT2D eigenvalue weighted by Gasteiger charge is -2.35. The molecule has 1 fully saturated rings. The summed E-state index contributed by atoms with van der Waals surface area (Å²) < 4.78 is 0. The first-order valence-corrected chi connectivity index (χ1v) is 8.06. The molecule has 1 saturated carbocycles. The number of rotatable bonds is 2. The molecule has 1 aromatic rings. The largest absolute Gasteiger partial charge is 0.393 e. The maximum Gasteiger partial charge on any atom is 0.0541 e. The molecule has 0 spiro atoms. The van der Waals surface area contributed by atoms with E-state index in [2.05, 4.69) is 31.3 Å². The highest BCUT2D eigenvalue weighted by atomic mass is 35.5. The zero-order chi connectivity index (χ0) is 14.3. The van der Waals surface area contributed by atoms with Crippen molar-refractivity contribution in [1.82, 2.24) is 5.32 Å². The van der Waals surface area contributed by atoms with Gasteiger partial charge in [0.2, 0.25) is 0 Å². The first-order valence-electron chi connectivity index (χ1n) is 7.68. The summed E-state index contributed by atoms with van der Waals surface area (Å²) in [5.41, 5.74) is 3.02. The Balaban J connectivity index is 1.79. The van der Waals surface area contributed by atoms with Gasteiger partial charge in [-0.15, -0.1) is 0 Å². The van der Waals surface area contributed by atoms with Crippen LogP contribution in [0.15, 0.2) is 18.2 Å². The van der Waals surface area contributed by atoms with Crippen molar-refractivity contribution >= 4 is 11.6 Å². The molecule has 2 N–H and O–H groups in total. The molecule has 2 aliphatic carbocycles. The number of benzene rings is 1. The van der Waals surface area contributed by atoms with Crippen LogP contribution in [0.1, 0.15) is 56.7 Å². The van der Waals surface area contributed by atoms with Crippen molar-refractivity contribution in [3.05, 3.63) is 34.3 Å². The van der Waals surface area contributed by atoms with Crippen molar-refractivity contribution in [1.29, 1.82) is 0 Å². The molecule has 0 aromatic heterocycles. The number of fused-ring (bicyclic) bond motifs is 1. The van der Waals surface area contributed by atoms with Crippen LogP contribution in [0.25, 0.3) is 0 Å². The molecule has 0 amide bonds. The third-order valence-electron chi connectivity index (χ3n) is 4.95. The SMILES string of the molecule is CC1(C)Cc2ccc(Cl)cc2C1NC1CCC(O)CC1. The number of aliphatic hydroxyl groups is 1. The quantitative estimate of drug-likeness (QED) is 0.868. The van der Waals surface area contributed by atoms with E-state index in [1.165, 1.54) is 11.1 Å². The Hall–Kier alpha value is -0.570. The van der Waals surface area contributed by atoms with Gasteiger partial charge in [0.15, 0.2) is 0 Å². The fourth-order valence-electron chi connectivity index (χ4n) is 3.80. The van der Waals surface area contributed by atoms with Crippen molar-refractivity contribution < 1.29 is 5.11 Å². The van der Waals surface area contributed by atoms with Crippen LogP contribution in [0.5, 0.6) is 0 Å². The monoisotopic (exact) mass is 293 g/mol. The number of hydrogen-bond donors (Lipinski definition) is 2. The van der Waals surface area contributed by atoms with Crippen molar-refractivity contribution in [3.8, 4) is 0 Å². The molecule has 1 aromatic carbocycles. The fraction of sp³-hybridized carbons (Fsp3) is 0.647. The Kier molecular flexibility index (Phi) is 3.83. The van der Waals surface area contributed by atoms with Crippen LogP contribution in [-0.4, -0.2) is 17.3 Å². The second-order valence-corrected chi connectivity index (χ2v) is 7.55. The van der Waals surface area contributed by atoms with Crippen LogP contribution in [0.2, 0.25) is 5.02 Å². The number of hydrogen-bond acceptors (Lipinski definition) is 2. The molecule has 0 aliphatic heterocycles. The number of halogens is 1. The topological polar surface area (TPSA) is 32.3 Å². The number of aliphatic hydroxyl groups excluding tert-OH is 1. The number of nitrogens with one attached hydrogen (secondary N) is 1. The molecule has 1 unspecified atom stereocenters. The molecule has 1 atom stereocenters. The summed E-state index contributed by atoms with van der Waals surface area (Å²) in [6.45, 7) is 4.66. The molecule has 0 saturated heterocycles. The second-order valence-electron chi connectivity index (χ2n) is 7.11. The van der Waals surface area contributed by atoms with E-state index in [1.54, 1.807) is 0 Å². The summed E-state index contributed by atoms with van der Waals surface area (Å²) in [6.07, 6.45) is 5.01. The molecule has 3 heteroatoms. The van der Waals surface area contributed by atoms with Gasteiger partial charge in [0.25, 0.3) is 0 Å². The van der Waals surface area contributed by atoms with Gasteiger partial charge in [-0.25, -0.2) is 0 Å². The molecular formula is C17H24ClNO. The zero-order valence-corrected chi connectivity index (χ0v) is 13.1. The van der Waals surface area contributed by atoms with E-state index in [-0.39, 0.29) is 11.5 Å². The molecule has 2 aliphatic rings. The second kappa shape index (κ2) is 5.32. The third-order valence-corrected chi connectivity index (χ3v) is 5.18. The van der Waals surface area contributed by atoms with Crippen LogP contribution in [0, 0.1) is 5.41 Å². The molecular weight excluding hydrogens is 270 g/mol. The Morgan fingerprint density at radius 2 is 1.90 bits per heavy atom. The smallest absolute Gasteiger partial charge is 0.0541 e. The molecule has 3 rings (SSSR count). The van der Waals surface area contributed by atoms with Gasteiger partial charge < -0.3 is 10.4 Å². The van der Waals surface area contributed by atoms with Gasteiger partial charge in [-0.3, -0.25) is 0 Å². The Morgan fingerprint density at radius 3 is 2.60 bits per heavy atom. The minimum Gasteiger partial charge on any atom is -0.393 e. The van der Waals surface area contributed by atoms with Crippen molar-refractivity contribution in [3.63, 3.8) is 0 Å². The minimum absolute atomic E-state index is 0.0913. The van der Waals surface area contributed by atoms with Crippen molar-refractivity contribution in [2.24, 2.45) is 5.41 Å². The van der Waals surface area contributed by atoms with Crippen LogP contribution >= 0.6 is 11.6 Å². The van der Waals surface area contributed by atoms with Gasteiger partial charge in [0.05, 0.1) is 6.10 Å². The van der Waals surface area contributed by atoms with Gasteiger partial charge in [0, 0.05) is 17.1 Å². The Morgan fingerprint density at radius 1 is 1.20 bits per heavy atom. The molecule has 0 radical (unpaired) electrons. The van der Waals surface area contributed by atoms with Gasteiger partial charge in [-0.2, -0.15) is 0 Å². The summed E-state index contributed by atoms with van der Waals surface area (Å²) in [5.74, 6) is 0. The van der Waals surface area contributed by atoms with Crippen LogP contribution in [0.3, 0.4) is 0 Å². The highest BCUT2D eigenvalue weighted by Gasteiger charge is 2.40. The van der Waals surface area contributed by atoms with E-state index in [0.29, 0.717) is 12.1 Å². The fourth-order valence-corrected chi connectivity index (χ4v) is 3.98. The predicted octanol–water partition coefficient (Wildman–Crippen LogP) is 3.86. The minimum atomic E-state index is -0.0913. The third kappa shape index (κ3) is 2.74. The van der Waals surface area contributed by atoms with Gasteiger partial charge in [0.1, 0.15) is 0 Å². The van der Waals surface area contributed by atoms with Gasteiger partial charge >= 0.3 is 0 Å². The van der Waals surface area contributed by atoms with E-state index < -0.39 is 0 Å². The van der Waals surface area contributed by atoms with E-state index in [9.17, 15) is 5.11 Å². The van der Waals surface area contributed by atoms with E-state index in [0.717, 1.165) is 37.1 Å².